The van der Waals surface area contributed by atoms with Crippen molar-refractivity contribution in [2.24, 2.45) is 0 Å². The fourth-order valence-electron chi connectivity index (χ4n) is 2.98. The molecule has 0 aliphatic carbocycles. The van der Waals surface area contributed by atoms with Crippen LogP contribution in [0.4, 0.5) is 4.39 Å². The van der Waals surface area contributed by atoms with Gasteiger partial charge in [-0.15, -0.1) is 11.6 Å². The van der Waals surface area contributed by atoms with Crippen molar-refractivity contribution in [2.75, 3.05) is 6.61 Å². The van der Waals surface area contributed by atoms with Crippen LogP contribution >= 0.6 is 11.6 Å². The highest BCUT2D eigenvalue weighted by Crippen LogP contribution is 2.31. The predicted molar refractivity (Wildman–Crippen MR) is 77.7 cm³/mol. The summed E-state index contributed by atoms with van der Waals surface area (Å²) >= 11 is 6.03. The molecule has 1 aromatic heterocycles. The van der Waals surface area contributed by atoms with E-state index in [-0.39, 0.29) is 11.9 Å². The lowest BCUT2D eigenvalue weighted by Crippen LogP contribution is -2.26. The summed E-state index contributed by atoms with van der Waals surface area (Å²) in [4.78, 5) is 4.48. The van der Waals surface area contributed by atoms with Gasteiger partial charge >= 0.3 is 0 Å². The fraction of sp³-hybridized carbons (Fsp3) is 0.533. The lowest BCUT2D eigenvalue weighted by molar-refractivity contribution is 0.00633. The summed E-state index contributed by atoms with van der Waals surface area (Å²) in [5.41, 5.74) is 2.29. The van der Waals surface area contributed by atoms with Crippen LogP contribution in [0.15, 0.2) is 12.1 Å². The molecule has 1 fully saturated rings. The van der Waals surface area contributed by atoms with Crippen LogP contribution in [0.2, 0.25) is 0 Å². The first kappa shape index (κ1) is 13.8. The van der Waals surface area contributed by atoms with E-state index in [1.54, 1.807) is 6.92 Å². The van der Waals surface area contributed by atoms with Crippen molar-refractivity contribution in [1.29, 1.82) is 0 Å². The summed E-state index contributed by atoms with van der Waals surface area (Å²) in [6.45, 7) is 4.60. The molecule has 108 valence electrons. The first-order valence-corrected chi connectivity index (χ1v) is 7.48. The molecule has 0 saturated carbocycles. The van der Waals surface area contributed by atoms with Crippen LogP contribution in [0.3, 0.4) is 0 Å². The zero-order chi connectivity index (χ0) is 14.3. The zero-order valence-electron chi connectivity index (χ0n) is 11.7. The summed E-state index contributed by atoms with van der Waals surface area (Å²) in [5, 5.41) is 0. The van der Waals surface area contributed by atoms with Gasteiger partial charge in [-0.1, -0.05) is 0 Å². The van der Waals surface area contributed by atoms with E-state index in [1.807, 2.05) is 6.07 Å². The van der Waals surface area contributed by atoms with E-state index in [9.17, 15) is 4.39 Å². The number of ether oxygens (including phenoxy) is 1. The Morgan fingerprint density at radius 1 is 1.50 bits per heavy atom. The van der Waals surface area contributed by atoms with E-state index in [4.69, 9.17) is 16.3 Å². The lowest BCUT2D eigenvalue weighted by atomic mass is 10.0. The Balaban J connectivity index is 2.14. The van der Waals surface area contributed by atoms with Crippen molar-refractivity contribution in [3.8, 4) is 0 Å². The Morgan fingerprint density at radius 2 is 2.30 bits per heavy atom. The number of fused-ring (bicyclic) bond motifs is 1. The van der Waals surface area contributed by atoms with E-state index in [2.05, 4.69) is 16.5 Å². The lowest BCUT2D eigenvalue weighted by Gasteiger charge is -2.29. The van der Waals surface area contributed by atoms with E-state index >= 15 is 0 Å². The summed E-state index contributed by atoms with van der Waals surface area (Å²) in [5.74, 6) is 0.926. The van der Waals surface area contributed by atoms with Crippen LogP contribution in [0.1, 0.15) is 37.2 Å². The number of halogens is 2. The number of rotatable bonds is 2. The Bertz CT molecular complexity index is 640. The summed E-state index contributed by atoms with van der Waals surface area (Å²) in [7, 11) is 0. The zero-order valence-corrected chi connectivity index (χ0v) is 12.5. The Hall–Kier alpha value is -1.13. The molecule has 1 aromatic carbocycles. The average Bonchev–Trinajstić information content (AvgIpc) is 2.77. The van der Waals surface area contributed by atoms with Gasteiger partial charge in [-0.05, 0) is 38.3 Å². The third kappa shape index (κ3) is 2.31. The smallest absolute Gasteiger partial charge is 0.128 e. The number of hydrogen-bond acceptors (Lipinski definition) is 2. The number of alkyl halides is 1. The topological polar surface area (TPSA) is 27.1 Å². The van der Waals surface area contributed by atoms with E-state index in [1.165, 1.54) is 6.07 Å². The minimum atomic E-state index is -0.219. The molecule has 2 unspecified atom stereocenters. The van der Waals surface area contributed by atoms with Gasteiger partial charge in [0.05, 0.1) is 23.0 Å². The number of aryl methyl sites for hydroxylation is 1. The first-order chi connectivity index (χ1) is 9.60. The van der Waals surface area contributed by atoms with Gasteiger partial charge in [0.15, 0.2) is 0 Å². The maximum atomic E-state index is 13.7. The van der Waals surface area contributed by atoms with Gasteiger partial charge in [-0.25, -0.2) is 9.37 Å². The van der Waals surface area contributed by atoms with E-state index in [0.717, 1.165) is 30.8 Å². The van der Waals surface area contributed by atoms with Crippen LogP contribution in [-0.4, -0.2) is 22.3 Å². The largest absolute Gasteiger partial charge is 0.378 e. The molecule has 2 aromatic rings. The molecule has 1 aliphatic heterocycles. The van der Waals surface area contributed by atoms with Crippen molar-refractivity contribution in [3.63, 3.8) is 0 Å². The fourth-order valence-corrected chi connectivity index (χ4v) is 3.17. The Labute approximate surface area is 122 Å². The normalized spacial score (nSPS) is 23.4. The molecule has 0 N–H and O–H groups in total. The van der Waals surface area contributed by atoms with Gasteiger partial charge < -0.3 is 9.30 Å². The minimum absolute atomic E-state index is 0.219. The van der Waals surface area contributed by atoms with Gasteiger partial charge in [0.1, 0.15) is 11.6 Å². The molecule has 1 saturated heterocycles. The van der Waals surface area contributed by atoms with Crippen LogP contribution < -0.4 is 0 Å². The summed E-state index contributed by atoms with van der Waals surface area (Å²) in [6, 6.07) is 3.69. The van der Waals surface area contributed by atoms with Crippen molar-refractivity contribution in [3.05, 3.63) is 29.3 Å². The monoisotopic (exact) mass is 296 g/mol. The molecule has 2 heterocycles. The highest BCUT2D eigenvalue weighted by molar-refractivity contribution is 6.16. The maximum Gasteiger partial charge on any atom is 0.128 e. The highest BCUT2D eigenvalue weighted by Gasteiger charge is 2.25. The maximum absolute atomic E-state index is 13.7. The molecule has 3 nitrogen and oxygen atoms in total. The number of benzene rings is 1. The summed E-state index contributed by atoms with van der Waals surface area (Å²) in [6.07, 6.45) is 2.11. The highest BCUT2D eigenvalue weighted by atomic mass is 35.5. The van der Waals surface area contributed by atoms with Crippen molar-refractivity contribution >= 4 is 22.6 Å². The molecule has 5 heteroatoms. The van der Waals surface area contributed by atoms with Gasteiger partial charge in [0, 0.05) is 18.7 Å². The van der Waals surface area contributed by atoms with Crippen LogP contribution in [0, 0.1) is 12.7 Å². The molecule has 1 aliphatic rings. The second-order valence-corrected chi connectivity index (χ2v) is 5.75. The quantitative estimate of drug-likeness (QED) is 0.784. The minimum Gasteiger partial charge on any atom is -0.378 e. The van der Waals surface area contributed by atoms with Crippen LogP contribution in [0.5, 0.6) is 0 Å². The van der Waals surface area contributed by atoms with Gasteiger partial charge in [-0.2, -0.15) is 0 Å². The van der Waals surface area contributed by atoms with Gasteiger partial charge in [-0.3, -0.25) is 0 Å². The van der Waals surface area contributed by atoms with Crippen LogP contribution in [-0.2, 0) is 10.6 Å². The number of hydrogen-bond donors (Lipinski definition) is 0. The second-order valence-electron chi connectivity index (χ2n) is 5.48. The molecule has 3 rings (SSSR count). The third-order valence-corrected chi connectivity index (χ3v) is 4.22. The van der Waals surface area contributed by atoms with Gasteiger partial charge in [0.25, 0.3) is 0 Å². The number of imidazole rings is 1. The molecule has 0 amide bonds. The SMILES string of the molecule is Cc1cc2c(cc1F)nc(CCl)n2C1CCOC(C)C1. The Morgan fingerprint density at radius 3 is 3.00 bits per heavy atom. The number of nitrogens with zero attached hydrogens (tertiary/aromatic N) is 2. The molecule has 0 radical (unpaired) electrons. The molecular weight excluding hydrogens is 279 g/mol. The second kappa shape index (κ2) is 5.34. The standard InChI is InChI=1S/C15H18ClFN2O/c1-9-5-14-13(7-12(9)17)18-15(8-16)19(14)11-3-4-20-10(2)6-11/h5,7,10-11H,3-4,6,8H2,1-2H3. The molecule has 0 bridgehead atoms. The predicted octanol–water partition coefficient (Wildman–Crippen LogP) is 3.96. The van der Waals surface area contributed by atoms with Crippen molar-refractivity contribution in [1.82, 2.24) is 9.55 Å². The van der Waals surface area contributed by atoms with Crippen molar-refractivity contribution in [2.45, 2.75) is 44.7 Å². The molecule has 0 spiro atoms. The van der Waals surface area contributed by atoms with Crippen molar-refractivity contribution < 1.29 is 9.13 Å². The number of aromatic nitrogens is 2. The third-order valence-electron chi connectivity index (χ3n) is 3.99. The first-order valence-electron chi connectivity index (χ1n) is 6.94. The van der Waals surface area contributed by atoms with E-state index < -0.39 is 0 Å². The molecule has 20 heavy (non-hydrogen) atoms. The van der Waals surface area contributed by atoms with Crippen LogP contribution in [0.25, 0.3) is 11.0 Å². The summed E-state index contributed by atoms with van der Waals surface area (Å²) < 4.78 is 21.5. The van der Waals surface area contributed by atoms with Gasteiger partial charge in [0.2, 0.25) is 0 Å². The Kier molecular flexibility index (Phi) is 3.69. The average molecular weight is 297 g/mol. The molecular formula is C15H18ClFN2O. The van der Waals surface area contributed by atoms with E-state index in [0.29, 0.717) is 23.0 Å². The molecule has 2 atom stereocenters.